The smallest absolute Gasteiger partial charge is 0.135 e. The van der Waals surface area contributed by atoms with Gasteiger partial charge in [0.15, 0.2) is 0 Å². The third-order valence-corrected chi connectivity index (χ3v) is 15.9. The average molecular weight is 1300 g/mol. The van der Waals surface area contributed by atoms with E-state index in [1.807, 2.05) is 133 Å². The number of para-hydroxylation sites is 3. The van der Waals surface area contributed by atoms with E-state index in [-0.39, 0.29) is 79.4 Å². The molecule has 0 saturated heterocycles. The van der Waals surface area contributed by atoms with Crippen molar-refractivity contribution in [3.8, 4) is 84.1 Å². The van der Waals surface area contributed by atoms with Gasteiger partial charge in [0.2, 0.25) is 0 Å². The molecule has 6 heteroatoms. The number of anilines is 4. The number of nitrogens with zero attached hydrogens (tertiary/aromatic N) is 4. The van der Waals surface area contributed by atoms with Gasteiger partial charge >= 0.3 is 0 Å². The number of aromatic nitrogens is 2. The second-order valence-corrected chi connectivity index (χ2v) is 23.6. The summed E-state index contributed by atoms with van der Waals surface area (Å²) in [7, 11) is 0. The Kier molecular flexibility index (Phi) is 12.9. The molecule has 0 spiro atoms. The molecule has 13 aromatic rings. The van der Waals surface area contributed by atoms with Gasteiger partial charge in [-0.3, -0.25) is 0 Å². The number of rotatable bonds is 11. The van der Waals surface area contributed by atoms with Crippen molar-refractivity contribution < 1.29 is 34.0 Å². The zero-order valence-corrected chi connectivity index (χ0v) is 50.8. The van der Waals surface area contributed by atoms with E-state index in [1.54, 1.807) is 16.8 Å². The minimum atomic E-state index is -0.356. The second kappa shape index (κ2) is 22.8. The second-order valence-electron chi connectivity index (χ2n) is 23.6. The molecule has 5 nitrogen and oxygen atoms in total. The molecule has 3 heterocycles. The fraction of sp³-hybridized carbons (Fsp3) is 0.100. The Balaban J connectivity index is 0.00000773. The van der Waals surface area contributed by atoms with E-state index in [4.69, 9.17) is 12.5 Å². The van der Waals surface area contributed by atoms with Crippen LogP contribution in [0.4, 0.5) is 22.7 Å². The average Bonchev–Trinajstić information content (AvgIpc) is 1.39. The van der Waals surface area contributed by atoms with Gasteiger partial charge in [0.25, 0.3) is 0 Å². The molecule has 0 bridgehead atoms. The van der Waals surface area contributed by atoms with E-state index in [0.29, 0.717) is 61.4 Å². The van der Waals surface area contributed by atoms with Crippen LogP contribution in [-0.4, -0.2) is 9.55 Å². The number of pyridine rings is 1. The van der Waals surface area contributed by atoms with Gasteiger partial charge in [-0.1, -0.05) is 229 Å². The Hall–Kier alpha value is -9.54. The van der Waals surface area contributed by atoms with Crippen LogP contribution in [0.1, 0.15) is 60.9 Å². The third kappa shape index (κ3) is 10.5. The zero-order valence-electron chi connectivity index (χ0n) is 54.5. The molecular formula is C80H63N4OPt-3. The van der Waals surface area contributed by atoms with Crippen LogP contribution in [0.3, 0.4) is 0 Å². The first-order chi connectivity index (χ1) is 43.9. The summed E-state index contributed by atoms with van der Waals surface area (Å²) in [5, 5.41) is 0.886. The summed E-state index contributed by atoms with van der Waals surface area (Å²) in [6.45, 7) is 15.2. The topological polar surface area (TPSA) is 33.5 Å². The molecule has 0 aliphatic carbocycles. The molecule has 0 fully saturated rings. The Morgan fingerprint density at radius 2 is 0.965 bits per heavy atom. The predicted octanol–water partition coefficient (Wildman–Crippen LogP) is 21.6. The van der Waals surface area contributed by atoms with Crippen LogP contribution in [0.5, 0.6) is 11.5 Å². The first kappa shape index (κ1) is 48.8. The van der Waals surface area contributed by atoms with E-state index < -0.39 is 0 Å². The van der Waals surface area contributed by atoms with Crippen LogP contribution >= 0.6 is 0 Å². The van der Waals surface area contributed by atoms with E-state index in [1.165, 1.54) is 5.56 Å². The van der Waals surface area contributed by atoms with Crippen molar-refractivity contribution in [2.45, 2.75) is 52.4 Å². The van der Waals surface area contributed by atoms with Crippen LogP contribution in [0.15, 0.2) is 267 Å². The number of ether oxygens (including phenoxy) is 1. The molecule has 0 N–H and O–H groups in total. The van der Waals surface area contributed by atoms with Crippen molar-refractivity contribution in [3.05, 3.63) is 297 Å². The molecule has 11 aromatic carbocycles. The Labute approximate surface area is 528 Å². The summed E-state index contributed by atoms with van der Waals surface area (Å²) in [6, 6.07) is 82.0. The minimum Gasteiger partial charge on any atom is -0.509 e. The standard InChI is InChI=1S/C80H63N4O.Pt/c1-79(2,3)61-42-43-81-76(50-61)84-72-37-23-22-36-66(72)67-41-40-64(52-75(67)84)85-65-45-60(77-68(55-28-14-8-15-29-55)46-59(54-26-12-7-13-27-54)47-69(77)56-30-16-9-17-31-56)44-63(51-65)82-53-83(74-39-25-24-38-73(74)82)78-70(57-32-18-10-19-33-57)48-62(80(4,5)6)49-71(78)58-34-20-11-21-35-58;/h7-50,53H,1-6H3;/q-3;/i22D,23D,36D,37D,46D,47D;. The minimum absolute atomic E-state index is 0. The number of hydrogen-bond acceptors (Lipinski definition) is 4. The fourth-order valence-electron chi connectivity index (χ4n) is 11.6. The van der Waals surface area contributed by atoms with Gasteiger partial charge < -0.3 is 19.1 Å². The Morgan fingerprint density at radius 1 is 0.453 bits per heavy atom. The van der Waals surface area contributed by atoms with Crippen molar-refractivity contribution in [2.75, 3.05) is 9.80 Å². The van der Waals surface area contributed by atoms with Crippen molar-refractivity contribution in [3.63, 3.8) is 0 Å². The SMILES string of the molecule is [2H]c1c(-c2ccccc2)c([2H])c(-c2ccccc2)c(-c2cc(Oc3[c-]c4c(cc3)c3c([2H])c([2H])c([2H])c([2H])c3n4-c3cc(C(C)(C)C)ccn3)[c-]c(N3[CH-]N(c4c(-c5ccccc5)cc(C(C)(C)C)cc4-c4ccccc4)c4ccccc43)c2)c1-c1ccccc1.[Pt]. The van der Waals surface area contributed by atoms with Crippen LogP contribution in [-0.2, 0) is 31.9 Å². The van der Waals surface area contributed by atoms with Gasteiger partial charge in [0.05, 0.1) is 8.22 Å². The van der Waals surface area contributed by atoms with Gasteiger partial charge in [-0.05, 0) is 132 Å². The molecule has 1 aliphatic rings. The van der Waals surface area contributed by atoms with Crippen molar-refractivity contribution in [1.82, 2.24) is 9.55 Å². The van der Waals surface area contributed by atoms with E-state index in [9.17, 15) is 5.48 Å². The van der Waals surface area contributed by atoms with Gasteiger partial charge in [0, 0.05) is 72.5 Å². The van der Waals surface area contributed by atoms with Gasteiger partial charge in [-0.25, -0.2) is 4.98 Å². The fourth-order valence-corrected chi connectivity index (χ4v) is 11.6. The van der Waals surface area contributed by atoms with E-state index in [2.05, 4.69) is 155 Å². The maximum absolute atomic E-state index is 10.4. The van der Waals surface area contributed by atoms with Gasteiger partial charge in [-0.2, -0.15) is 6.07 Å². The monoisotopic (exact) mass is 1300 g/mol. The summed E-state index contributed by atoms with van der Waals surface area (Å²) in [4.78, 5) is 9.27. The summed E-state index contributed by atoms with van der Waals surface area (Å²) in [6.07, 6.45) is 1.73. The molecule has 1 aliphatic heterocycles. The van der Waals surface area contributed by atoms with Crippen LogP contribution in [0.25, 0.3) is 94.4 Å². The van der Waals surface area contributed by atoms with Gasteiger partial charge in [-0.15, -0.1) is 53.6 Å². The van der Waals surface area contributed by atoms with E-state index >= 15 is 0 Å². The molecule has 86 heavy (non-hydrogen) atoms. The Morgan fingerprint density at radius 3 is 1.52 bits per heavy atom. The van der Waals surface area contributed by atoms with E-state index in [0.717, 1.165) is 61.6 Å². The largest absolute Gasteiger partial charge is 0.509 e. The number of hydrogen-bond donors (Lipinski definition) is 0. The van der Waals surface area contributed by atoms with Crippen molar-refractivity contribution in [1.29, 1.82) is 0 Å². The number of benzene rings is 11. The summed E-state index contributed by atoms with van der Waals surface area (Å²) in [5.41, 5.74) is 15.5. The quantitative estimate of drug-likeness (QED) is 0.121. The van der Waals surface area contributed by atoms with Crippen molar-refractivity contribution in [2.24, 2.45) is 0 Å². The molecule has 14 rings (SSSR count). The van der Waals surface area contributed by atoms with Gasteiger partial charge in [0.1, 0.15) is 5.82 Å². The normalized spacial score (nSPS) is 13.3. The number of fused-ring (bicyclic) bond motifs is 4. The molecule has 0 saturated carbocycles. The molecule has 2 aromatic heterocycles. The predicted molar refractivity (Wildman–Crippen MR) is 354 cm³/mol. The van der Waals surface area contributed by atoms with Crippen molar-refractivity contribution >= 4 is 44.6 Å². The molecule has 422 valence electrons. The molecule has 0 amide bonds. The summed E-state index contributed by atoms with van der Waals surface area (Å²) in [5.74, 6) is 1.03. The molecule has 0 radical (unpaired) electrons. The molecule has 0 unspecified atom stereocenters. The van der Waals surface area contributed by atoms with Crippen LogP contribution in [0.2, 0.25) is 0 Å². The zero-order chi connectivity index (χ0) is 63.0. The molecular weight excluding hydrogens is 1230 g/mol. The van der Waals surface area contributed by atoms with Crippen LogP contribution in [0, 0.1) is 18.8 Å². The maximum atomic E-state index is 10.4. The molecule has 0 atom stereocenters. The first-order valence-electron chi connectivity index (χ1n) is 31.8. The third-order valence-electron chi connectivity index (χ3n) is 15.9. The maximum Gasteiger partial charge on any atom is 0.135 e. The summed E-state index contributed by atoms with van der Waals surface area (Å²) >= 11 is 0. The van der Waals surface area contributed by atoms with Crippen LogP contribution < -0.4 is 14.5 Å². The summed E-state index contributed by atoms with van der Waals surface area (Å²) < 4.78 is 66.1. The first-order valence-corrected chi connectivity index (χ1v) is 28.8. The Bertz CT molecular complexity index is 4850.